The van der Waals surface area contributed by atoms with Crippen LogP contribution in [0.25, 0.3) is 21.7 Å². The van der Waals surface area contributed by atoms with Gasteiger partial charge in [-0.2, -0.15) is 5.10 Å². The number of furan rings is 1. The van der Waals surface area contributed by atoms with E-state index in [0.717, 1.165) is 68.3 Å². The number of hydrogen-bond donors (Lipinski definition) is 2. The summed E-state index contributed by atoms with van der Waals surface area (Å²) in [5.41, 5.74) is 4.53. The fraction of sp³-hybridized carbons (Fsp3) is 0.364. The van der Waals surface area contributed by atoms with Gasteiger partial charge in [0.1, 0.15) is 11.3 Å². The van der Waals surface area contributed by atoms with Crippen LogP contribution in [0.3, 0.4) is 0 Å². The molecule has 0 spiro atoms. The summed E-state index contributed by atoms with van der Waals surface area (Å²) in [6.07, 6.45) is 1.03. The average Bonchev–Trinajstić information content (AvgIpc) is 3.21. The molecule has 6 nitrogen and oxygen atoms in total. The van der Waals surface area contributed by atoms with Gasteiger partial charge >= 0.3 is 0 Å². The molecule has 0 unspecified atom stereocenters. The van der Waals surface area contributed by atoms with E-state index in [0.29, 0.717) is 5.11 Å². The van der Waals surface area contributed by atoms with Gasteiger partial charge in [0.15, 0.2) is 10.9 Å². The molecule has 0 amide bonds. The van der Waals surface area contributed by atoms with Crippen molar-refractivity contribution < 1.29 is 9.15 Å². The van der Waals surface area contributed by atoms with Gasteiger partial charge in [-0.3, -0.25) is 10.3 Å². The van der Waals surface area contributed by atoms with Crippen LogP contribution in [-0.2, 0) is 4.74 Å². The lowest BCUT2D eigenvalue weighted by Gasteiger charge is -2.26. The summed E-state index contributed by atoms with van der Waals surface area (Å²) in [7, 11) is 0. The number of rotatable bonds is 6. The number of benzene rings is 2. The second kappa shape index (κ2) is 9.35. The maximum atomic E-state index is 5.99. The minimum atomic E-state index is 0.521. The van der Waals surface area contributed by atoms with E-state index in [-0.39, 0.29) is 0 Å². The molecule has 0 aliphatic carbocycles. The third-order valence-corrected chi connectivity index (χ3v) is 5.38. The van der Waals surface area contributed by atoms with Crippen molar-refractivity contribution in [2.24, 2.45) is 5.10 Å². The van der Waals surface area contributed by atoms with Crippen molar-refractivity contribution in [3.05, 3.63) is 48.2 Å². The summed E-state index contributed by atoms with van der Waals surface area (Å²) in [5.74, 6) is 0.735. The highest BCUT2D eigenvalue weighted by molar-refractivity contribution is 7.80. The van der Waals surface area contributed by atoms with Gasteiger partial charge in [0, 0.05) is 25.0 Å². The molecule has 2 N–H and O–H groups in total. The minimum Gasteiger partial charge on any atom is -0.455 e. The van der Waals surface area contributed by atoms with E-state index < -0.39 is 0 Å². The van der Waals surface area contributed by atoms with E-state index in [1.54, 1.807) is 0 Å². The first-order valence-electron chi connectivity index (χ1n) is 10.0. The van der Waals surface area contributed by atoms with E-state index >= 15 is 0 Å². The molecule has 2 aromatic carbocycles. The SMILES string of the molecule is C/C(=N/NC(=S)NCCCN1CCOCC1)c1cc2c(ccc3ccccc32)o1. The number of hydrogen-bond acceptors (Lipinski definition) is 5. The first kappa shape index (κ1) is 19.8. The highest BCUT2D eigenvalue weighted by Crippen LogP contribution is 2.28. The molecule has 29 heavy (non-hydrogen) atoms. The van der Waals surface area contributed by atoms with Gasteiger partial charge in [-0.05, 0) is 55.0 Å². The molecule has 0 radical (unpaired) electrons. The molecule has 0 saturated carbocycles. The Morgan fingerprint density at radius 3 is 2.83 bits per heavy atom. The highest BCUT2D eigenvalue weighted by Gasteiger charge is 2.10. The highest BCUT2D eigenvalue weighted by atomic mass is 32.1. The van der Waals surface area contributed by atoms with Crippen LogP contribution in [0.15, 0.2) is 52.0 Å². The Morgan fingerprint density at radius 1 is 1.14 bits per heavy atom. The molecule has 1 saturated heterocycles. The molecule has 2 heterocycles. The number of hydrazone groups is 1. The smallest absolute Gasteiger partial charge is 0.186 e. The van der Waals surface area contributed by atoms with E-state index in [4.69, 9.17) is 21.4 Å². The zero-order valence-corrected chi connectivity index (χ0v) is 17.4. The second-order valence-corrected chi connectivity index (χ2v) is 7.59. The Kier molecular flexibility index (Phi) is 6.39. The van der Waals surface area contributed by atoms with Crippen molar-refractivity contribution in [1.82, 2.24) is 15.6 Å². The van der Waals surface area contributed by atoms with Crippen LogP contribution >= 0.6 is 12.2 Å². The molecular weight excluding hydrogens is 384 g/mol. The monoisotopic (exact) mass is 410 g/mol. The molecule has 1 aliphatic rings. The van der Waals surface area contributed by atoms with E-state index in [2.05, 4.69) is 38.9 Å². The molecule has 1 aromatic heterocycles. The van der Waals surface area contributed by atoms with E-state index in [9.17, 15) is 0 Å². The van der Waals surface area contributed by atoms with Crippen molar-refractivity contribution in [3.8, 4) is 0 Å². The molecule has 0 bridgehead atoms. The zero-order chi connectivity index (χ0) is 20.1. The number of ether oxygens (including phenoxy) is 1. The Balaban J connectivity index is 1.31. The minimum absolute atomic E-state index is 0.521. The Morgan fingerprint density at radius 2 is 1.97 bits per heavy atom. The summed E-state index contributed by atoms with van der Waals surface area (Å²) in [6.45, 7) is 7.46. The Labute approximate surface area is 175 Å². The predicted octanol–water partition coefficient (Wildman–Crippen LogP) is 3.50. The Hall–Kier alpha value is -2.48. The van der Waals surface area contributed by atoms with E-state index in [1.807, 2.05) is 31.2 Å². The molecule has 1 fully saturated rings. The maximum Gasteiger partial charge on any atom is 0.186 e. The summed E-state index contributed by atoms with van der Waals surface area (Å²) in [6, 6.07) is 14.4. The van der Waals surface area contributed by atoms with Crippen LogP contribution in [0, 0.1) is 0 Å². The molecule has 4 rings (SSSR count). The van der Waals surface area contributed by atoms with Gasteiger partial charge in [0.05, 0.1) is 13.2 Å². The van der Waals surface area contributed by atoms with Crippen LogP contribution < -0.4 is 10.7 Å². The first-order chi connectivity index (χ1) is 14.2. The largest absolute Gasteiger partial charge is 0.455 e. The molecule has 7 heteroatoms. The van der Waals surface area contributed by atoms with Gasteiger partial charge in [0.2, 0.25) is 0 Å². The van der Waals surface area contributed by atoms with Crippen LogP contribution in [0.1, 0.15) is 19.1 Å². The van der Waals surface area contributed by atoms with Crippen molar-refractivity contribution in [1.29, 1.82) is 0 Å². The quantitative estimate of drug-likeness (QED) is 0.281. The lowest BCUT2D eigenvalue weighted by atomic mass is 10.1. The fourth-order valence-corrected chi connectivity index (χ4v) is 3.68. The van der Waals surface area contributed by atoms with Gasteiger partial charge in [-0.25, -0.2) is 0 Å². The number of fused-ring (bicyclic) bond motifs is 3. The lowest BCUT2D eigenvalue weighted by Crippen LogP contribution is -2.39. The first-order valence-corrected chi connectivity index (χ1v) is 10.4. The number of nitrogens with zero attached hydrogens (tertiary/aromatic N) is 2. The number of thiocarbonyl (C=S) groups is 1. The van der Waals surface area contributed by atoms with Crippen LogP contribution in [-0.4, -0.2) is 55.1 Å². The van der Waals surface area contributed by atoms with Crippen molar-refractivity contribution >= 4 is 44.8 Å². The third-order valence-electron chi connectivity index (χ3n) is 5.15. The average molecular weight is 411 g/mol. The summed E-state index contributed by atoms with van der Waals surface area (Å²) in [5, 5.41) is 11.6. The zero-order valence-electron chi connectivity index (χ0n) is 16.6. The van der Waals surface area contributed by atoms with E-state index in [1.165, 1.54) is 10.8 Å². The van der Waals surface area contributed by atoms with Crippen molar-refractivity contribution in [3.63, 3.8) is 0 Å². The maximum absolute atomic E-state index is 5.99. The fourth-order valence-electron chi connectivity index (χ4n) is 3.53. The summed E-state index contributed by atoms with van der Waals surface area (Å²) < 4.78 is 11.4. The van der Waals surface area contributed by atoms with Crippen LogP contribution in [0.2, 0.25) is 0 Å². The van der Waals surface area contributed by atoms with Crippen LogP contribution in [0.5, 0.6) is 0 Å². The van der Waals surface area contributed by atoms with Crippen LogP contribution in [0.4, 0.5) is 0 Å². The van der Waals surface area contributed by atoms with Gasteiger partial charge in [-0.15, -0.1) is 0 Å². The van der Waals surface area contributed by atoms with Crippen molar-refractivity contribution in [2.75, 3.05) is 39.4 Å². The van der Waals surface area contributed by atoms with Gasteiger partial charge in [0.25, 0.3) is 0 Å². The molecule has 1 aliphatic heterocycles. The standard InChI is InChI=1S/C22H26N4O2S/c1-16(24-25-22(29)23-9-4-10-26-11-13-27-14-12-26)21-15-19-18-6-3-2-5-17(18)7-8-20(19)28-21/h2-3,5-8,15H,4,9-14H2,1H3,(H2,23,25,29)/b24-16-. The molecule has 3 aromatic rings. The number of nitrogens with one attached hydrogen (secondary N) is 2. The van der Waals surface area contributed by atoms with Crippen molar-refractivity contribution in [2.45, 2.75) is 13.3 Å². The topological polar surface area (TPSA) is 62.0 Å². The lowest BCUT2D eigenvalue weighted by molar-refractivity contribution is 0.0376. The number of morpholine rings is 1. The molecule has 152 valence electrons. The van der Waals surface area contributed by atoms with Gasteiger partial charge in [-0.1, -0.05) is 30.3 Å². The Bertz CT molecular complexity index is 1020. The molecule has 0 atom stereocenters. The second-order valence-electron chi connectivity index (χ2n) is 7.18. The summed E-state index contributed by atoms with van der Waals surface area (Å²) >= 11 is 5.33. The molecular formula is C22H26N4O2S. The van der Waals surface area contributed by atoms with Gasteiger partial charge < -0.3 is 14.5 Å². The normalized spacial score (nSPS) is 15.7. The third kappa shape index (κ3) is 4.93. The predicted molar refractivity (Wildman–Crippen MR) is 122 cm³/mol. The summed E-state index contributed by atoms with van der Waals surface area (Å²) in [4.78, 5) is 2.41.